The lowest BCUT2D eigenvalue weighted by molar-refractivity contribution is -0.122. The number of rotatable bonds is 6. The maximum Gasteiger partial charge on any atom is 0.225 e. The number of alkyl halides is 1. The Kier molecular flexibility index (Phi) is 6.46. The van der Waals surface area contributed by atoms with E-state index in [-0.39, 0.29) is 42.1 Å². The van der Waals surface area contributed by atoms with Gasteiger partial charge in [0.1, 0.15) is 29.0 Å². The summed E-state index contributed by atoms with van der Waals surface area (Å²) in [6.45, 7) is 0.437. The summed E-state index contributed by atoms with van der Waals surface area (Å²) in [6, 6.07) is 2.95. The van der Waals surface area contributed by atoms with Gasteiger partial charge in [-0.25, -0.2) is 23.1 Å². The van der Waals surface area contributed by atoms with Gasteiger partial charge in [-0.15, -0.1) is 0 Å². The first-order valence-electron chi connectivity index (χ1n) is 11.6. The molecule has 4 N–H and O–H groups in total. The molecule has 1 amide bonds. The molecule has 9 nitrogen and oxygen atoms in total. The van der Waals surface area contributed by atoms with Crippen molar-refractivity contribution in [3.8, 4) is 0 Å². The normalized spacial score (nSPS) is 24.9. The Hall–Kier alpha value is -3.41. The van der Waals surface area contributed by atoms with Crippen LogP contribution in [0.25, 0.3) is 11.2 Å². The molecule has 2 atom stereocenters. The van der Waals surface area contributed by atoms with E-state index in [1.54, 1.807) is 4.57 Å². The molecule has 186 valence electrons. The van der Waals surface area contributed by atoms with Gasteiger partial charge in [0.05, 0.1) is 18.8 Å². The van der Waals surface area contributed by atoms with Gasteiger partial charge in [-0.05, 0) is 44.2 Å². The summed E-state index contributed by atoms with van der Waals surface area (Å²) < 4.78 is 50.0. The number of hydrogen-bond donors (Lipinski definition) is 3. The van der Waals surface area contributed by atoms with Crippen LogP contribution in [0.1, 0.15) is 38.1 Å². The van der Waals surface area contributed by atoms with Crippen molar-refractivity contribution >= 4 is 34.7 Å². The van der Waals surface area contributed by atoms with Crippen molar-refractivity contribution in [3.63, 3.8) is 0 Å². The van der Waals surface area contributed by atoms with E-state index < -0.39 is 23.8 Å². The summed E-state index contributed by atoms with van der Waals surface area (Å²) >= 11 is 0. The second-order valence-electron chi connectivity index (χ2n) is 8.97. The number of ether oxygens (including phenoxy) is 1. The van der Waals surface area contributed by atoms with E-state index in [4.69, 9.17) is 10.5 Å². The standard InChI is InChI=1S/C23H26F3N7O2/c24-14-2-1-3-15(25)19(14)31-23-30-18-10-28-22(29-17-8-9-35-11-16(17)26)32-21(18)33(23)13-6-4-12(5-7-13)20(27)34/h1-3,10,12-13,16-17H,4-9,11H2,(H2,27,34)(H,30,31)(H,28,29,32)/t12?,13?,16-,17?/m1/s1. The van der Waals surface area contributed by atoms with Crippen LogP contribution in [0.3, 0.4) is 0 Å². The van der Waals surface area contributed by atoms with Crippen LogP contribution in [0, 0.1) is 17.6 Å². The van der Waals surface area contributed by atoms with Crippen LogP contribution >= 0.6 is 0 Å². The minimum absolute atomic E-state index is 0.00319. The van der Waals surface area contributed by atoms with Gasteiger partial charge in [-0.1, -0.05) is 6.07 Å². The number of nitrogens with two attached hydrogens (primary N) is 1. The van der Waals surface area contributed by atoms with Crippen molar-refractivity contribution in [3.05, 3.63) is 36.0 Å². The van der Waals surface area contributed by atoms with Gasteiger partial charge in [0, 0.05) is 18.6 Å². The number of para-hydroxylation sites is 1. The van der Waals surface area contributed by atoms with E-state index in [9.17, 15) is 18.0 Å². The van der Waals surface area contributed by atoms with Gasteiger partial charge in [-0.2, -0.15) is 4.98 Å². The average molecular weight is 490 g/mol. The number of carbonyl (C=O) groups excluding carboxylic acids is 1. The molecule has 5 rings (SSSR count). The van der Waals surface area contributed by atoms with Crippen molar-refractivity contribution in [2.75, 3.05) is 23.8 Å². The first kappa shape index (κ1) is 23.3. The molecule has 2 fully saturated rings. The fourth-order valence-electron chi connectivity index (χ4n) is 4.77. The average Bonchev–Trinajstić information content (AvgIpc) is 3.20. The predicted octanol–water partition coefficient (Wildman–Crippen LogP) is 3.60. The second-order valence-corrected chi connectivity index (χ2v) is 8.97. The Labute approximate surface area is 199 Å². The number of anilines is 3. The molecule has 0 spiro atoms. The molecule has 2 aromatic heterocycles. The molecule has 0 radical (unpaired) electrons. The minimum Gasteiger partial charge on any atom is -0.378 e. The SMILES string of the molecule is NC(=O)C1CCC(n2c(Nc3c(F)cccc3F)nc3cnc(NC4CCOC[C@H]4F)nc32)CC1. The Morgan fingerprint density at radius 2 is 1.86 bits per heavy atom. The first-order valence-corrected chi connectivity index (χ1v) is 11.6. The summed E-state index contributed by atoms with van der Waals surface area (Å²) in [5.41, 5.74) is 6.00. The minimum atomic E-state index is -1.20. The number of primary amides is 1. The fraction of sp³-hybridized carbons (Fsp3) is 0.478. The highest BCUT2D eigenvalue weighted by Gasteiger charge is 2.30. The van der Waals surface area contributed by atoms with Crippen LogP contribution in [0.4, 0.5) is 30.8 Å². The molecule has 1 unspecified atom stereocenters. The first-order chi connectivity index (χ1) is 16.9. The number of nitrogens with zero attached hydrogens (tertiary/aromatic N) is 4. The van der Waals surface area contributed by atoms with Gasteiger partial charge >= 0.3 is 0 Å². The number of carbonyl (C=O) groups is 1. The summed E-state index contributed by atoms with van der Waals surface area (Å²) in [7, 11) is 0. The smallest absolute Gasteiger partial charge is 0.225 e. The number of nitrogens with one attached hydrogen (secondary N) is 2. The van der Waals surface area contributed by atoms with Crippen LogP contribution < -0.4 is 16.4 Å². The zero-order chi connectivity index (χ0) is 24.5. The lowest BCUT2D eigenvalue weighted by atomic mass is 9.85. The summed E-state index contributed by atoms with van der Waals surface area (Å²) in [4.78, 5) is 25.0. The maximum absolute atomic E-state index is 14.4. The molecule has 3 aromatic rings. The quantitative estimate of drug-likeness (QED) is 0.484. The van der Waals surface area contributed by atoms with Crippen molar-refractivity contribution in [2.45, 2.75) is 50.4 Å². The van der Waals surface area contributed by atoms with E-state index in [1.165, 1.54) is 12.3 Å². The number of aromatic nitrogens is 4. The number of fused-ring (bicyclic) bond motifs is 1. The molecular formula is C23H26F3N7O2. The molecule has 1 saturated carbocycles. The molecule has 1 aliphatic heterocycles. The highest BCUT2D eigenvalue weighted by molar-refractivity contribution is 5.78. The Morgan fingerprint density at radius 3 is 2.54 bits per heavy atom. The van der Waals surface area contributed by atoms with E-state index in [2.05, 4.69) is 25.6 Å². The number of hydrogen-bond acceptors (Lipinski definition) is 7. The maximum atomic E-state index is 14.4. The summed E-state index contributed by atoms with van der Waals surface area (Å²) in [5.74, 6) is -1.65. The van der Waals surface area contributed by atoms with Crippen molar-refractivity contribution in [1.82, 2.24) is 19.5 Å². The molecule has 1 aromatic carbocycles. The monoisotopic (exact) mass is 489 g/mol. The van der Waals surface area contributed by atoms with Crippen molar-refractivity contribution in [2.24, 2.45) is 11.7 Å². The lowest BCUT2D eigenvalue weighted by Crippen LogP contribution is -2.39. The topological polar surface area (TPSA) is 120 Å². The molecule has 35 heavy (non-hydrogen) atoms. The second kappa shape index (κ2) is 9.68. The third-order valence-corrected chi connectivity index (χ3v) is 6.70. The third-order valence-electron chi connectivity index (χ3n) is 6.70. The third kappa shape index (κ3) is 4.75. The highest BCUT2D eigenvalue weighted by atomic mass is 19.1. The molecular weight excluding hydrogens is 463 g/mol. The van der Waals surface area contributed by atoms with E-state index >= 15 is 0 Å². The zero-order valence-electron chi connectivity index (χ0n) is 18.9. The Bertz CT molecular complexity index is 1210. The van der Waals surface area contributed by atoms with E-state index in [1.807, 2.05) is 0 Å². The predicted molar refractivity (Wildman–Crippen MR) is 123 cm³/mol. The van der Waals surface area contributed by atoms with Gasteiger partial charge in [0.15, 0.2) is 5.65 Å². The number of halogens is 3. The highest BCUT2D eigenvalue weighted by Crippen LogP contribution is 2.37. The summed E-state index contributed by atoms with van der Waals surface area (Å²) in [6.07, 6.45) is 3.13. The number of amides is 1. The summed E-state index contributed by atoms with van der Waals surface area (Å²) in [5, 5.41) is 5.82. The fourth-order valence-corrected chi connectivity index (χ4v) is 4.77. The van der Waals surface area contributed by atoms with Crippen LogP contribution in [0.2, 0.25) is 0 Å². The van der Waals surface area contributed by atoms with Crippen LogP contribution in [0.15, 0.2) is 24.4 Å². The van der Waals surface area contributed by atoms with E-state index in [0.29, 0.717) is 49.9 Å². The van der Waals surface area contributed by atoms with Crippen molar-refractivity contribution < 1.29 is 22.7 Å². The number of benzene rings is 1. The zero-order valence-corrected chi connectivity index (χ0v) is 18.9. The molecule has 1 aliphatic carbocycles. The molecule has 0 bridgehead atoms. The van der Waals surface area contributed by atoms with Gasteiger partial charge in [-0.3, -0.25) is 9.36 Å². The molecule has 1 saturated heterocycles. The van der Waals surface area contributed by atoms with Gasteiger partial charge in [0.2, 0.25) is 17.8 Å². The molecule has 3 heterocycles. The van der Waals surface area contributed by atoms with Gasteiger partial charge in [0.25, 0.3) is 0 Å². The Balaban J connectivity index is 1.52. The molecule has 2 aliphatic rings. The van der Waals surface area contributed by atoms with Crippen LogP contribution in [0.5, 0.6) is 0 Å². The largest absolute Gasteiger partial charge is 0.378 e. The Morgan fingerprint density at radius 1 is 1.11 bits per heavy atom. The number of imidazole rings is 1. The van der Waals surface area contributed by atoms with Gasteiger partial charge < -0.3 is 21.1 Å². The molecule has 12 heteroatoms. The van der Waals surface area contributed by atoms with Crippen LogP contribution in [-0.4, -0.2) is 50.9 Å². The lowest BCUT2D eigenvalue weighted by Gasteiger charge is -2.29. The van der Waals surface area contributed by atoms with Crippen LogP contribution in [-0.2, 0) is 9.53 Å². The van der Waals surface area contributed by atoms with E-state index in [0.717, 1.165) is 12.1 Å². The van der Waals surface area contributed by atoms with Crippen molar-refractivity contribution in [1.29, 1.82) is 0 Å².